The number of hydrogen-bond donors (Lipinski definition) is 1. The molecule has 0 amide bonds. The van der Waals surface area contributed by atoms with E-state index in [4.69, 9.17) is 18.9 Å². The molecule has 3 aliphatic heterocycles. The van der Waals surface area contributed by atoms with Crippen LogP contribution >= 0.6 is 0 Å². The van der Waals surface area contributed by atoms with Crippen molar-refractivity contribution < 1.29 is 24.1 Å². The van der Waals surface area contributed by atoms with Gasteiger partial charge in [-0.15, -0.1) is 0 Å². The van der Waals surface area contributed by atoms with E-state index in [-0.39, 0.29) is 23.2 Å². The molecule has 2 saturated heterocycles. The lowest BCUT2D eigenvalue weighted by Crippen LogP contribution is -2.53. The Hall–Kier alpha value is -1.34. The van der Waals surface area contributed by atoms with Crippen LogP contribution in [0.5, 0.6) is 11.5 Å². The Morgan fingerprint density at radius 1 is 1.24 bits per heavy atom. The van der Waals surface area contributed by atoms with E-state index < -0.39 is 6.10 Å². The largest absolute Gasteiger partial charge is 0.493 e. The van der Waals surface area contributed by atoms with Gasteiger partial charge in [0.2, 0.25) is 0 Å². The number of ether oxygens (including phenoxy) is 4. The second kappa shape index (κ2) is 7.73. The number of nitrogens with zero attached hydrogens (tertiary/aromatic N) is 1. The Labute approximate surface area is 174 Å². The summed E-state index contributed by atoms with van der Waals surface area (Å²) in [6.07, 6.45) is 1.02. The molecule has 3 heterocycles. The third-order valence-electron chi connectivity index (χ3n) is 6.18. The summed E-state index contributed by atoms with van der Waals surface area (Å²) in [4.78, 5) is 2.44. The molecule has 2 fully saturated rings. The van der Waals surface area contributed by atoms with Crippen molar-refractivity contribution in [1.29, 1.82) is 0 Å². The van der Waals surface area contributed by atoms with Crippen LogP contribution in [0.25, 0.3) is 0 Å². The van der Waals surface area contributed by atoms with Crippen molar-refractivity contribution >= 4 is 0 Å². The average molecular weight is 406 g/mol. The lowest BCUT2D eigenvalue weighted by atomic mass is 9.84. The van der Waals surface area contributed by atoms with Crippen LogP contribution in [-0.4, -0.2) is 67.8 Å². The highest BCUT2D eigenvalue weighted by molar-refractivity contribution is 5.49. The van der Waals surface area contributed by atoms with Crippen LogP contribution in [0, 0.1) is 5.41 Å². The van der Waals surface area contributed by atoms with Crippen LogP contribution in [0.4, 0.5) is 0 Å². The molecule has 162 valence electrons. The average Bonchev–Trinajstić information content (AvgIpc) is 2.63. The Kier molecular flexibility index (Phi) is 5.57. The molecule has 0 unspecified atom stereocenters. The van der Waals surface area contributed by atoms with Crippen LogP contribution in [0.3, 0.4) is 0 Å². The van der Waals surface area contributed by atoms with Gasteiger partial charge in [0.1, 0.15) is 0 Å². The second-order valence-electron chi connectivity index (χ2n) is 10.1. The normalized spacial score (nSPS) is 28.8. The van der Waals surface area contributed by atoms with Crippen molar-refractivity contribution in [2.24, 2.45) is 5.41 Å². The summed E-state index contributed by atoms with van der Waals surface area (Å²) in [7, 11) is 1.69. The number of hydrogen-bond acceptors (Lipinski definition) is 6. The van der Waals surface area contributed by atoms with E-state index in [0.29, 0.717) is 13.0 Å². The standard InChI is InChI=1S/C23H35NO5/c1-22(2,3)29-21-11-24-7-6-15-8-20(28-14-23(4)12-27-13-23)19(26-5)9-16(15)17(24)10-18(21)25/h8-9,17-18,21,25H,6-7,10-14H2,1-5H3/t17-,18-,21-/m1/s1. The Morgan fingerprint density at radius 2 is 2.00 bits per heavy atom. The quantitative estimate of drug-likeness (QED) is 0.813. The number of rotatable bonds is 5. The molecule has 6 nitrogen and oxygen atoms in total. The number of fused-ring (bicyclic) bond motifs is 3. The van der Waals surface area contributed by atoms with Crippen molar-refractivity contribution in [3.05, 3.63) is 23.3 Å². The molecule has 29 heavy (non-hydrogen) atoms. The molecule has 0 saturated carbocycles. The minimum Gasteiger partial charge on any atom is -0.493 e. The molecule has 1 aromatic rings. The smallest absolute Gasteiger partial charge is 0.161 e. The number of aliphatic hydroxyl groups is 1. The van der Waals surface area contributed by atoms with Gasteiger partial charge < -0.3 is 24.1 Å². The zero-order valence-corrected chi connectivity index (χ0v) is 18.4. The zero-order chi connectivity index (χ0) is 20.8. The monoisotopic (exact) mass is 405 g/mol. The summed E-state index contributed by atoms with van der Waals surface area (Å²) in [6.45, 7) is 12.1. The van der Waals surface area contributed by atoms with E-state index in [1.165, 1.54) is 11.1 Å². The van der Waals surface area contributed by atoms with Gasteiger partial charge in [-0.3, -0.25) is 4.90 Å². The van der Waals surface area contributed by atoms with E-state index in [0.717, 1.165) is 44.2 Å². The predicted molar refractivity (Wildman–Crippen MR) is 111 cm³/mol. The van der Waals surface area contributed by atoms with Gasteiger partial charge in [0.15, 0.2) is 11.5 Å². The van der Waals surface area contributed by atoms with E-state index >= 15 is 0 Å². The van der Waals surface area contributed by atoms with Gasteiger partial charge in [-0.05, 0) is 56.9 Å². The van der Waals surface area contributed by atoms with Crippen LogP contribution in [0.2, 0.25) is 0 Å². The summed E-state index contributed by atoms with van der Waals surface area (Å²) in [6, 6.07) is 4.44. The third kappa shape index (κ3) is 4.41. The van der Waals surface area contributed by atoms with Crippen molar-refractivity contribution in [3.63, 3.8) is 0 Å². The fraction of sp³-hybridized carbons (Fsp3) is 0.739. The number of methoxy groups -OCH3 is 1. The summed E-state index contributed by atoms with van der Waals surface area (Å²) < 4.78 is 23.3. The Morgan fingerprint density at radius 3 is 2.62 bits per heavy atom. The first-order valence-electron chi connectivity index (χ1n) is 10.7. The van der Waals surface area contributed by atoms with Crippen molar-refractivity contribution in [2.45, 2.75) is 64.4 Å². The minimum absolute atomic E-state index is 0.0905. The molecular formula is C23H35NO5. The predicted octanol–water partition coefficient (Wildman–Crippen LogP) is 2.96. The first kappa shape index (κ1) is 20.9. The van der Waals surface area contributed by atoms with Gasteiger partial charge in [-0.25, -0.2) is 0 Å². The summed E-state index contributed by atoms with van der Waals surface area (Å²) in [5, 5.41) is 10.8. The van der Waals surface area contributed by atoms with Crippen molar-refractivity contribution in [1.82, 2.24) is 4.90 Å². The maximum Gasteiger partial charge on any atom is 0.161 e. The lowest BCUT2D eigenvalue weighted by molar-refractivity contribution is -0.149. The maximum atomic E-state index is 10.8. The van der Waals surface area contributed by atoms with Gasteiger partial charge in [-0.1, -0.05) is 6.92 Å². The third-order valence-corrected chi connectivity index (χ3v) is 6.18. The molecule has 3 atom stereocenters. The summed E-state index contributed by atoms with van der Waals surface area (Å²) >= 11 is 0. The summed E-state index contributed by atoms with van der Waals surface area (Å²) in [5.74, 6) is 1.56. The summed E-state index contributed by atoms with van der Waals surface area (Å²) in [5.41, 5.74) is 2.36. The maximum absolute atomic E-state index is 10.8. The molecule has 4 rings (SSSR count). The number of piperidine rings is 1. The number of benzene rings is 1. The molecule has 0 aliphatic carbocycles. The van der Waals surface area contributed by atoms with Crippen molar-refractivity contribution in [3.8, 4) is 11.5 Å². The Balaban J connectivity index is 1.52. The highest BCUT2D eigenvalue weighted by Crippen LogP contribution is 2.43. The zero-order valence-electron chi connectivity index (χ0n) is 18.4. The van der Waals surface area contributed by atoms with Gasteiger partial charge in [0, 0.05) is 24.5 Å². The van der Waals surface area contributed by atoms with E-state index in [1.807, 2.05) is 20.8 Å². The van der Waals surface area contributed by atoms with Gasteiger partial charge >= 0.3 is 0 Å². The SMILES string of the molecule is COc1cc2c(cc1OCC1(C)COC1)CCN1C[C@@H](OC(C)(C)C)[C@H](O)C[C@H]21. The molecule has 3 aliphatic rings. The van der Waals surface area contributed by atoms with Crippen LogP contribution in [0.15, 0.2) is 12.1 Å². The van der Waals surface area contributed by atoms with Crippen LogP contribution in [-0.2, 0) is 15.9 Å². The van der Waals surface area contributed by atoms with Gasteiger partial charge in [-0.2, -0.15) is 0 Å². The number of aliphatic hydroxyl groups excluding tert-OH is 1. The molecular weight excluding hydrogens is 370 g/mol. The lowest BCUT2D eigenvalue weighted by Gasteiger charge is -2.47. The van der Waals surface area contributed by atoms with E-state index in [9.17, 15) is 5.11 Å². The molecule has 0 spiro atoms. The fourth-order valence-corrected chi connectivity index (χ4v) is 4.62. The first-order valence-corrected chi connectivity index (χ1v) is 10.7. The molecule has 0 bridgehead atoms. The van der Waals surface area contributed by atoms with Crippen molar-refractivity contribution in [2.75, 3.05) is 40.0 Å². The fourth-order valence-electron chi connectivity index (χ4n) is 4.62. The topological polar surface area (TPSA) is 60.4 Å². The highest BCUT2D eigenvalue weighted by Gasteiger charge is 2.41. The van der Waals surface area contributed by atoms with Gasteiger partial charge in [0.05, 0.1) is 44.7 Å². The second-order valence-corrected chi connectivity index (χ2v) is 10.1. The van der Waals surface area contributed by atoms with Crippen LogP contribution in [0.1, 0.15) is 51.3 Å². The van der Waals surface area contributed by atoms with E-state index in [2.05, 4.69) is 24.0 Å². The molecule has 0 radical (unpaired) electrons. The van der Waals surface area contributed by atoms with Gasteiger partial charge in [0.25, 0.3) is 0 Å². The minimum atomic E-state index is -0.470. The van der Waals surface area contributed by atoms with Crippen LogP contribution < -0.4 is 9.47 Å². The highest BCUT2D eigenvalue weighted by atomic mass is 16.5. The molecule has 0 aromatic heterocycles. The van der Waals surface area contributed by atoms with E-state index in [1.54, 1.807) is 7.11 Å². The molecule has 6 heteroatoms. The molecule has 1 aromatic carbocycles. The molecule has 1 N–H and O–H groups in total. The first-order chi connectivity index (χ1) is 13.7. The Bertz CT molecular complexity index is 740.